The summed E-state index contributed by atoms with van der Waals surface area (Å²) in [7, 11) is 0. The molecule has 1 unspecified atom stereocenters. The number of amides is 1. The Hall–Kier alpha value is -3.57. The number of aliphatic hydroxyl groups excluding tert-OH is 1. The number of anilines is 2. The first kappa shape index (κ1) is 17.8. The van der Waals surface area contributed by atoms with Crippen LogP contribution in [0.1, 0.15) is 12.0 Å². The molecule has 3 aromatic rings. The molecule has 3 heterocycles. The molecule has 8 heteroatoms. The number of aromatic nitrogens is 3. The molecule has 1 aliphatic carbocycles. The number of aliphatic hydroxyl groups is 1. The SMILES string of the molecule is N#C[C@@H]1CC1C(=O)Nc1cc2cc(-c3cnccc3CCO)nc(N)c2cn1. The highest BCUT2D eigenvalue weighted by Crippen LogP contribution is 2.38. The summed E-state index contributed by atoms with van der Waals surface area (Å²) in [5.41, 5.74) is 8.47. The van der Waals surface area contributed by atoms with E-state index in [9.17, 15) is 9.90 Å². The lowest BCUT2D eigenvalue weighted by Gasteiger charge is -2.11. The van der Waals surface area contributed by atoms with E-state index in [4.69, 9.17) is 11.0 Å². The third-order valence-corrected chi connectivity index (χ3v) is 4.86. The van der Waals surface area contributed by atoms with E-state index in [2.05, 4.69) is 26.3 Å². The van der Waals surface area contributed by atoms with Gasteiger partial charge < -0.3 is 16.2 Å². The molecule has 1 saturated carbocycles. The molecule has 4 N–H and O–H groups in total. The van der Waals surface area contributed by atoms with Gasteiger partial charge in [-0.3, -0.25) is 9.78 Å². The van der Waals surface area contributed by atoms with Crippen LogP contribution in [0, 0.1) is 23.2 Å². The second-order valence-corrected chi connectivity index (χ2v) is 6.76. The van der Waals surface area contributed by atoms with E-state index < -0.39 is 0 Å². The van der Waals surface area contributed by atoms with E-state index in [1.165, 1.54) is 0 Å². The quantitative estimate of drug-likeness (QED) is 0.620. The Kier molecular flexibility index (Phi) is 4.59. The van der Waals surface area contributed by atoms with Crippen LogP contribution < -0.4 is 11.1 Å². The molecule has 8 nitrogen and oxygen atoms in total. The number of fused-ring (bicyclic) bond motifs is 1. The molecular weight excluding hydrogens is 356 g/mol. The molecule has 1 amide bonds. The number of nitrogens with one attached hydrogen (secondary N) is 1. The lowest BCUT2D eigenvalue weighted by molar-refractivity contribution is -0.117. The highest BCUT2D eigenvalue weighted by Gasteiger charge is 2.43. The zero-order chi connectivity index (χ0) is 19.7. The summed E-state index contributed by atoms with van der Waals surface area (Å²) in [4.78, 5) is 25.0. The number of pyridine rings is 3. The maximum Gasteiger partial charge on any atom is 0.230 e. The molecule has 0 spiro atoms. The van der Waals surface area contributed by atoms with Crippen molar-refractivity contribution in [1.82, 2.24) is 15.0 Å². The minimum absolute atomic E-state index is 0.0189. The number of nitrogens with two attached hydrogens (primary N) is 1. The zero-order valence-electron chi connectivity index (χ0n) is 15.0. The molecule has 4 rings (SSSR count). The van der Waals surface area contributed by atoms with Crippen molar-refractivity contribution >= 4 is 28.3 Å². The van der Waals surface area contributed by atoms with Gasteiger partial charge in [-0.15, -0.1) is 0 Å². The molecule has 0 aromatic carbocycles. The van der Waals surface area contributed by atoms with Crippen LogP contribution >= 0.6 is 0 Å². The fourth-order valence-electron chi connectivity index (χ4n) is 3.22. The summed E-state index contributed by atoms with van der Waals surface area (Å²) >= 11 is 0. The highest BCUT2D eigenvalue weighted by atomic mass is 16.3. The van der Waals surface area contributed by atoms with E-state index in [0.29, 0.717) is 35.6 Å². The topological polar surface area (TPSA) is 138 Å². The Morgan fingerprint density at radius 1 is 1.39 bits per heavy atom. The lowest BCUT2D eigenvalue weighted by Crippen LogP contribution is -2.15. The number of rotatable bonds is 5. The van der Waals surface area contributed by atoms with E-state index in [-0.39, 0.29) is 24.3 Å². The van der Waals surface area contributed by atoms with Crippen molar-refractivity contribution in [2.24, 2.45) is 11.8 Å². The largest absolute Gasteiger partial charge is 0.396 e. The summed E-state index contributed by atoms with van der Waals surface area (Å²) in [5, 5.41) is 22.4. The maximum atomic E-state index is 12.2. The van der Waals surface area contributed by atoms with Gasteiger partial charge in [0.15, 0.2) is 0 Å². The summed E-state index contributed by atoms with van der Waals surface area (Å²) in [5.74, 6) is 0.0559. The number of nitrogen functional groups attached to an aromatic ring is 1. The van der Waals surface area contributed by atoms with Gasteiger partial charge in [0.2, 0.25) is 5.91 Å². The summed E-state index contributed by atoms with van der Waals surface area (Å²) < 4.78 is 0. The van der Waals surface area contributed by atoms with E-state index in [1.807, 2.05) is 12.1 Å². The zero-order valence-corrected chi connectivity index (χ0v) is 15.0. The van der Waals surface area contributed by atoms with E-state index in [1.54, 1.807) is 24.7 Å². The molecule has 0 saturated heterocycles. The maximum absolute atomic E-state index is 12.2. The number of hydrogen-bond acceptors (Lipinski definition) is 7. The second kappa shape index (κ2) is 7.21. The molecule has 2 atom stereocenters. The van der Waals surface area contributed by atoms with Crippen molar-refractivity contribution in [2.45, 2.75) is 12.8 Å². The molecule has 3 aromatic heterocycles. The Morgan fingerprint density at radius 3 is 3.00 bits per heavy atom. The van der Waals surface area contributed by atoms with Crippen LogP contribution in [0.4, 0.5) is 11.6 Å². The van der Waals surface area contributed by atoms with Crippen molar-refractivity contribution in [1.29, 1.82) is 5.26 Å². The summed E-state index contributed by atoms with van der Waals surface area (Å²) in [6, 6.07) is 7.54. The van der Waals surface area contributed by atoms with Gasteiger partial charge in [0.05, 0.1) is 23.6 Å². The molecule has 140 valence electrons. The van der Waals surface area contributed by atoms with Crippen molar-refractivity contribution in [2.75, 3.05) is 17.7 Å². The molecule has 0 aliphatic heterocycles. The van der Waals surface area contributed by atoms with Gasteiger partial charge in [0.25, 0.3) is 0 Å². The first-order valence-corrected chi connectivity index (χ1v) is 8.91. The number of nitriles is 1. The molecular formula is C20H18N6O2. The van der Waals surface area contributed by atoms with Gasteiger partial charge in [-0.1, -0.05) is 0 Å². The van der Waals surface area contributed by atoms with Crippen molar-refractivity contribution in [3.05, 3.63) is 42.4 Å². The molecule has 1 fully saturated rings. The smallest absolute Gasteiger partial charge is 0.230 e. The minimum atomic E-state index is -0.267. The Labute approximate surface area is 161 Å². The average molecular weight is 374 g/mol. The lowest BCUT2D eigenvalue weighted by atomic mass is 10.0. The highest BCUT2D eigenvalue weighted by molar-refractivity contribution is 5.98. The van der Waals surface area contributed by atoms with Crippen molar-refractivity contribution in [3.8, 4) is 17.3 Å². The third-order valence-electron chi connectivity index (χ3n) is 4.86. The van der Waals surface area contributed by atoms with Crippen LogP contribution in [-0.4, -0.2) is 32.6 Å². The summed E-state index contributed by atoms with van der Waals surface area (Å²) in [6.07, 6.45) is 6.01. The fourth-order valence-corrected chi connectivity index (χ4v) is 3.22. The van der Waals surface area contributed by atoms with Gasteiger partial charge in [0.1, 0.15) is 11.6 Å². The number of nitrogens with zero attached hydrogens (tertiary/aromatic N) is 4. The van der Waals surface area contributed by atoms with Gasteiger partial charge >= 0.3 is 0 Å². The Bertz CT molecular complexity index is 1110. The normalized spacial score (nSPS) is 17.9. The predicted molar refractivity (Wildman–Crippen MR) is 104 cm³/mol. The monoisotopic (exact) mass is 374 g/mol. The fraction of sp³-hybridized carbons (Fsp3) is 0.250. The minimum Gasteiger partial charge on any atom is -0.396 e. The average Bonchev–Trinajstić information content (AvgIpc) is 3.48. The molecule has 0 radical (unpaired) electrons. The van der Waals surface area contributed by atoms with Crippen LogP contribution in [0.25, 0.3) is 22.0 Å². The van der Waals surface area contributed by atoms with Crippen LogP contribution in [0.5, 0.6) is 0 Å². The van der Waals surface area contributed by atoms with Crippen molar-refractivity contribution < 1.29 is 9.90 Å². The number of carbonyl (C=O) groups excluding carboxylic acids is 1. The molecule has 28 heavy (non-hydrogen) atoms. The predicted octanol–water partition coefficient (Wildman–Crippen LogP) is 1.91. The van der Waals surface area contributed by atoms with E-state index in [0.717, 1.165) is 16.5 Å². The third kappa shape index (κ3) is 3.35. The second-order valence-electron chi connectivity index (χ2n) is 6.76. The van der Waals surface area contributed by atoms with Crippen LogP contribution in [0.2, 0.25) is 0 Å². The standard InChI is InChI=1S/C20H18N6O2/c21-8-13-5-14(13)20(28)26-18-7-12-6-17(25-19(22)16(12)10-24-18)15-9-23-3-1-11(15)2-4-27/h1,3,6-7,9-10,13-14,27H,2,4-5H2,(H2,22,25)(H,24,26,28)/t13-,14?/m0/s1. The molecule has 1 aliphatic rings. The Morgan fingerprint density at radius 2 is 2.25 bits per heavy atom. The molecule has 0 bridgehead atoms. The number of carbonyl (C=O) groups is 1. The van der Waals surface area contributed by atoms with Gasteiger partial charge in [-0.25, -0.2) is 9.97 Å². The van der Waals surface area contributed by atoms with Crippen LogP contribution in [0.15, 0.2) is 36.8 Å². The van der Waals surface area contributed by atoms with Crippen molar-refractivity contribution in [3.63, 3.8) is 0 Å². The number of hydrogen-bond donors (Lipinski definition) is 3. The van der Waals surface area contributed by atoms with Gasteiger partial charge in [0, 0.05) is 36.1 Å². The van der Waals surface area contributed by atoms with Gasteiger partial charge in [-0.2, -0.15) is 5.26 Å². The Balaban J connectivity index is 1.69. The summed E-state index contributed by atoms with van der Waals surface area (Å²) in [6.45, 7) is 0.0189. The van der Waals surface area contributed by atoms with E-state index >= 15 is 0 Å². The van der Waals surface area contributed by atoms with Gasteiger partial charge in [-0.05, 0) is 42.0 Å². The van der Waals surface area contributed by atoms with Crippen LogP contribution in [-0.2, 0) is 11.2 Å². The van der Waals surface area contributed by atoms with Crippen LogP contribution in [0.3, 0.4) is 0 Å². The first-order valence-electron chi connectivity index (χ1n) is 8.91. The first-order chi connectivity index (χ1) is 13.6.